The van der Waals surface area contributed by atoms with E-state index < -0.39 is 23.6 Å². The van der Waals surface area contributed by atoms with Crippen molar-refractivity contribution in [1.82, 2.24) is 15.1 Å². The quantitative estimate of drug-likeness (QED) is 0.0308. The number of benzene rings is 9. The zero-order chi connectivity index (χ0) is 74.9. The van der Waals surface area contributed by atoms with E-state index in [1.165, 1.54) is 24.1 Å². The molecule has 0 saturated heterocycles. The first-order valence-corrected chi connectivity index (χ1v) is 33.3. The number of aryl methyl sites for hydroxylation is 3. The van der Waals surface area contributed by atoms with E-state index in [1.807, 2.05) is 161 Å². The maximum Gasteiger partial charge on any atom is 0.407 e. The Hall–Kier alpha value is -11.2. The van der Waals surface area contributed by atoms with Gasteiger partial charge in [-0.1, -0.05) is 207 Å². The van der Waals surface area contributed by atoms with Crippen molar-refractivity contribution in [3.63, 3.8) is 0 Å². The number of hydrogen-bond donors (Lipinski definition) is 6. The maximum atomic E-state index is 13.2. The number of nitrogens with two attached hydrogens (primary N) is 1. The first-order valence-electron chi connectivity index (χ1n) is 33.3. The van der Waals surface area contributed by atoms with Crippen LogP contribution >= 0.6 is 0 Å². The minimum absolute atomic E-state index is 0. The summed E-state index contributed by atoms with van der Waals surface area (Å²) in [5, 5.41) is 37.8. The number of rotatable bonds is 24. The lowest BCUT2D eigenvalue weighted by Crippen LogP contribution is -2.32. The number of aromatic carboxylic acids is 2. The smallest absolute Gasteiger partial charge is 0.407 e. The molecule has 3 amide bonds. The number of nitrogens with zero attached hydrogens (tertiary/aromatic N) is 2. The molecule has 0 aliphatic rings. The SMILES string of the molecule is C.C.C.C=C(C)c1cc(C(=O)N(C)Cc2ccc(C=O)cc2)c(C)cc1OCc1ccccc1.C=C(C)c1cc(C(=O)N(C)Cc2ccc(CO)cc2)c(C)cc1OCc1ccccc1.CC(C)(C)OC(=O)NCc1ccc(C(=O)O)cc1.CCCc1ccc(CO)cc1.NCc1ccc(C(=O)O)cc1. The number of aliphatic hydroxyl groups is 2. The number of nitrogens with one attached hydrogen (secondary N) is 1. The second-order valence-electron chi connectivity index (χ2n) is 25.4. The van der Waals surface area contributed by atoms with E-state index in [1.54, 1.807) is 93.2 Å². The molecule has 9 rings (SSSR count). The van der Waals surface area contributed by atoms with Gasteiger partial charge in [0, 0.05) is 68.1 Å². The molecule has 0 bridgehead atoms. The Kier molecular flexibility index (Phi) is 39.1. The second-order valence-corrected chi connectivity index (χ2v) is 25.4. The highest BCUT2D eigenvalue weighted by molar-refractivity contribution is 5.98. The average Bonchev–Trinajstić information content (AvgIpc) is 0.810. The van der Waals surface area contributed by atoms with E-state index >= 15 is 0 Å². The molecule has 17 heteroatoms. The number of carboxylic acid groups (broad SMARTS) is 2. The van der Waals surface area contributed by atoms with Crippen molar-refractivity contribution < 1.29 is 63.4 Å². The van der Waals surface area contributed by atoms with Gasteiger partial charge in [-0.15, -0.1) is 0 Å². The van der Waals surface area contributed by atoms with Gasteiger partial charge in [0.1, 0.15) is 36.6 Å². The summed E-state index contributed by atoms with van der Waals surface area (Å²) in [5.41, 5.74) is 21.3. The molecule has 0 aliphatic carbocycles. The number of hydrogen-bond acceptors (Lipinski definition) is 12. The van der Waals surface area contributed by atoms with E-state index in [2.05, 4.69) is 37.5 Å². The predicted octanol–water partition coefficient (Wildman–Crippen LogP) is 18.4. The molecule has 0 unspecified atom stereocenters. The van der Waals surface area contributed by atoms with E-state index in [0.717, 1.165) is 102 Å². The standard InChI is InChI=1S/C27H29NO3.C27H27NO3.C13H17NO4.C10H14O.C8H9NO2.3CH4/c2*1-19(2)24-15-25(20(3)14-26(24)31-18-23-8-6-5-7-9-23)27(30)28(4)16-21-10-12-22(17-29)13-11-21;1-13(2,3)18-12(17)14-8-9-4-6-10(7-5-9)11(15)16;1-2-3-9-4-6-10(8-11)7-5-9;9-5-6-1-3-7(4-2-6)8(10)11;;;/h5-15,29H,1,16-18H2,2-4H3;5-15,17H,1,16,18H2,2-4H3;4-7H,8H2,1-3H3,(H,14,17)(H,15,16);4-7,11H,2-3,8H2,1H3;1-4H,5,9H2,(H,10,11);3*1H4. The number of aliphatic hydroxyl groups excluding tert-OH is 2. The van der Waals surface area contributed by atoms with Crippen molar-refractivity contribution in [3.8, 4) is 11.5 Å². The molecule has 0 heterocycles. The third-order valence-electron chi connectivity index (χ3n) is 15.6. The molecule has 0 atom stereocenters. The van der Waals surface area contributed by atoms with Crippen LogP contribution < -0.4 is 20.5 Å². The van der Waals surface area contributed by atoms with Crippen molar-refractivity contribution >= 4 is 47.3 Å². The van der Waals surface area contributed by atoms with Crippen molar-refractivity contribution in [2.75, 3.05) is 14.1 Å². The first-order chi connectivity index (χ1) is 48.6. The topological polar surface area (TPSA) is 256 Å². The molecule has 558 valence electrons. The molecule has 9 aromatic carbocycles. The second kappa shape index (κ2) is 45.7. The van der Waals surface area contributed by atoms with Crippen LogP contribution in [0.15, 0.2) is 219 Å². The number of amides is 3. The number of aldehydes is 1. The third kappa shape index (κ3) is 30.7. The lowest BCUT2D eigenvalue weighted by molar-refractivity contribution is 0.0521. The van der Waals surface area contributed by atoms with Gasteiger partial charge in [-0.3, -0.25) is 14.4 Å². The fourth-order valence-corrected chi connectivity index (χ4v) is 9.89. The van der Waals surface area contributed by atoms with Crippen LogP contribution in [0.25, 0.3) is 11.1 Å². The molecule has 0 aromatic heterocycles. The minimum atomic E-state index is -0.971. The van der Waals surface area contributed by atoms with Crippen LogP contribution in [-0.4, -0.2) is 86.1 Å². The van der Waals surface area contributed by atoms with Crippen molar-refractivity contribution in [2.24, 2.45) is 5.73 Å². The van der Waals surface area contributed by atoms with Gasteiger partial charge >= 0.3 is 18.0 Å². The predicted molar refractivity (Wildman–Crippen MR) is 423 cm³/mol. The Bertz CT molecular complexity index is 4190. The molecular weight excluding hydrogens is 1320 g/mol. The number of ether oxygens (including phenoxy) is 3. The molecule has 0 radical (unpaired) electrons. The van der Waals surface area contributed by atoms with Crippen LogP contribution in [0, 0.1) is 13.8 Å². The fraction of sp³-hybridized carbons (Fsp3) is 0.273. The molecule has 7 N–H and O–H groups in total. The van der Waals surface area contributed by atoms with Gasteiger partial charge in [-0.2, -0.15) is 0 Å². The van der Waals surface area contributed by atoms with Crippen LogP contribution in [0.2, 0.25) is 0 Å². The minimum Gasteiger partial charge on any atom is -0.488 e. The molecule has 17 nitrogen and oxygen atoms in total. The number of alkyl carbamates (subject to hydrolysis) is 1. The summed E-state index contributed by atoms with van der Waals surface area (Å²) in [5.74, 6) is -0.560. The highest BCUT2D eigenvalue weighted by atomic mass is 16.6. The van der Waals surface area contributed by atoms with E-state index in [0.29, 0.717) is 61.6 Å². The maximum absolute atomic E-state index is 13.2. The highest BCUT2D eigenvalue weighted by Crippen LogP contribution is 2.32. The highest BCUT2D eigenvalue weighted by Gasteiger charge is 2.21. The largest absolute Gasteiger partial charge is 0.488 e. The van der Waals surface area contributed by atoms with Crippen LogP contribution in [0.3, 0.4) is 0 Å². The van der Waals surface area contributed by atoms with E-state index in [4.69, 9.17) is 35.3 Å². The van der Waals surface area contributed by atoms with Crippen LogP contribution in [0.4, 0.5) is 4.79 Å². The average molecular weight is 1430 g/mol. The lowest BCUT2D eigenvalue weighted by Gasteiger charge is -2.21. The molecular formula is C88H108N4O13. The summed E-state index contributed by atoms with van der Waals surface area (Å²) >= 11 is 0. The van der Waals surface area contributed by atoms with Gasteiger partial charge in [0.25, 0.3) is 11.8 Å². The van der Waals surface area contributed by atoms with Crippen molar-refractivity contribution in [3.05, 3.63) is 320 Å². The summed E-state index contributed by atoms with van der Waals surface area (Å²) in [7, 11) is 3.57. The normalized spacial score (nSPS) is 10.1. The summed E-state index contributed by atoms with van der Waals surface area (Å²) in [6, 6.07) is 63.3. The molecule has 105 heavy (non-hydrogen) atoms. The fourth-order valence-electron chi connectivity index (χ4n) is 9.89. The van der Waals surface area contributed by atoms with Crippen molar-refractivity contribution in [2.45, 2.75) is 149 Å². The van der Waals surface area contributed by atoms with Crippen molar-refractivity contribution in [1.29, 1.82) is 0 Å². The van der Waals surface area contributed by atoms with Gasteiger partial charge in [0.05, 0.1) is 24.3 Å². The molecule has 0 spiro atoms. The summed E-state index contributed by atoms with van der Waals surface area (Å²) in [6.07, 6.45) is 2.62. The van der Waals surface area contributed by atoms with Gasteiger partial charge in [-0.05, 0) is 176 Å². The number of carbonyl (C=O) groups excluding carboxylic acids is 4. The number of allylic oxidation sites excluding steroid dienone is 2. The van der Waals surface area contributed by atoms with E-state index in [-0.39, 0.29) is 52.9 Å². The van der Waals surface area contributed by atoms with E-state index in [9.17, 15) is 33.9 Å². The Morgan fingerprint density at radius 2 is 0.848 bits per heavy atom. The number of carbonyl (C=O) groups is 6. The van der Waals surface area contributed by atoms with Gasteiger partial charge in [0.15, 0.2) is 0 Å². The summed E-state index contributed by atoms with van der Waals surface area (Å²) < 4.78 is 17.2. The first kappa shape index (κ1) is 89.8. The third-order valence-corrected chi connectivity index (χ3v) is 15.6. The zero-order valence-electron chi connectivity index (χ0n) is 60.1. The Labute approximate surface area is 622 Å². The molecule has 0 aliphatic heterocycles. The van der Waals surface area contributed by atoms with Crippen LogP contribution in [0.5, 0.6) is 11.5 Å². The Morgan fingerprint density at radius 1 is 0.495 bits per heavy atom. The molecule has 9 aromatic rings. The Morgan fingerprint density at radius 3 is 1.18 bits per heavy atom. The van der Waals surface area contributed by atoms with Gasteiger partial charge in [-0.25, -0.2) is 14.4 Å². The molecule has 0 fully saturated rings. The lowest BCUT2D eigenvalue weighted by atomic mass is 9.99. The summed E-state index contributed by atoms with van der Waals surface area (Å²) in [6.45, 7) is 26.1. The van der Waals surface area contributed by atoms with Gasteiger partial charge in [0.2, 0.25) is 0 Å². The van der Waals surface area contributed by atoms with Crippen LogP contribution in [-0.2, 0) is 63.8 Å². The Balaban J connectivity index is 0.000000471. The van der Waals surface area contributed by atoms with Gasteiger partial charge < -0.3 is 55.5 Å². The number of carboxylic acids is 2. The summed E-state index contributed by atoms with van der Waals surface area (Å²) in [4.78, 5) is 72.9. The molecule has 0 saturated carbocycles. The van der Waals surface area contributed by atoms with Crippen LogP contribution in [0.1, 0.15) is 194 Å². The monoisotopic (exact) mass is 1430 g/mol. The zero-order valence-corrected chi connectivity index (χ0v) is 60.1.